The molecule has 2 bridgehead atoms. The van der Waals surface area contributed by atoms with E-state index in [0.29, 0.717) is 5.56 Å². The van der Waals surface area contributed by atoms with Crippen LogP contribution in [0.4, 0.5) is 0 Å². The first kappa shape index (κ1) is 25.2. The summed E-state index contributed by atoms with van der Waals surface area (Å²) in [6, 6.07) is 8.68. The van der Waals surface area contributed by atoms with E-state index in [9.17, 15) is 29.4 Å². The fourth-order valence-corrected chi connectivity index (χ4v) is 5.80. The van der Waals surface area contributed by atoms with Gasteiger partial charge in [0.15, 0.2) is 0 Å². The van der Waals surface area contributed by atoms with E-state index in [1.807, 2.05) is 0 Å². The van der Waals surface area contributed by atoms with Crippen molar-refractivity contribution >= 4 is 23.9 Å². The highest BCUT2D eigenvalue weighted by atomic mass is 16.5. The second-order valence-electron chi connectivity index (χ2n) is 8.46. The molecule has 10 nitrogen and oxygen atoms in total. The Kier molecular flexibility index (Phi) is 7.02. The molecule has 1 aromatic carbocycles. The van der Waals surface area contributed by atoms with Gasteiger partial charge in [0.05, 0.1) is 45.8 Å². The predicted molar refractivity (Wildman–Crippen MR) is 115 cm³/mol. The van der Waals surface area contributed by atoms with Crippen LogP contribution in [0, 0.1) is 29.6 Å². The number of carbonyl (C=O) groups excluding carboxylic acids is 4. The molecule has 3 rings (SSSR count). The second-order valence-corrected chi connectivity index (χ2v) is 8.46. The van der Waals surface area contributed by atoms with Crippen molar-refractivity contribution in [3.8, 4) is 0 Å². The van der Waals surface area contributed by atoms with Crippen molar-refractivity contribution in [3.63, 3.8) is 0 Å². The summed E-state index contributed by atoms with van der Waals surface area (Å²) < 4.78 is 19.6. The van der Waals surface area contributed by atoms with E-state index in [0.717, 1.165) is 28.4 Å². The van der Waals surface area contributed by atoms with Crippen molar-refractivity contribution in [2.75, 3.05) is 28.4 Å². The number of aliphatic hydroxyl groups is 2. The number of benzene rings is 1. The number of hydrogen-bond donors (Lipinski definition) is 2. The van der Waals surface area contributed by atoms with Crippen LogP contribution in [0.3, 0.4) is 0 Å². The summed E-state index contributed by atoms with van der Waals surface area (Å²) in [7, 11) is 4.30. The van der Waals surface area contributed by atoms with Crippen LogP contribution in [0.1, 0.15) is 18.4 Å². The lowest BCUT2D eigenvalue weighted by molar-refractivity contribution is -0.214. The molecule has 7 atom stereocenters. The number of rotatable bonds is 5. The zero-order chi connectivity index (χ0) is 25.4. The maximum absolute atomic E-state index is 13.2. The lowest BCUT2D eigenvalue weighted by atomic mass is 9.46. The normalized spacial score (nSPS) is 32.4. The monoisotopic (exact) mass is 476 g/mol. The van der Waals surface area contributed by atoms with E-state index >= 15 is 0 Å². The summed E-state index contributed by atoms with van der Waals surface area (Å²) in [6.07, 6.45) is 0. The van der Waals surface area contributed by atoms with Crippen molar-refractivity contribution in [2.24, 2.45) is 29.6 Å². The standard InChI is InChI=1S/C24H28O10/c1-11-13(12-9-7-6-8-10-12)16(21(27)32-3)24(30)17(22(28)33-4)14(11)15(20(26)31-2)19(25)18(24)23(29)34-5/h6-11,13-14,16-18,25,30H,1-5H3/t11-,13+,14+,16-,17-,18?,24+/m0/s1. The minimum atomic E-state index is -2.55. The van der Waals surface area contributed by atoms with Gasteiger partial charge in [-0.3, -0.25) is 14.4 Å². The van der Waals surface area contributed by atoms with E-state index in [-0.39, 0.29) is 5.57 Å². The molecule has 0 spiro atoms. The molecular weight excluding hydrogens is 448 g/mol. The summed E-state index contributed by atoms with van der Waals surface area (Å²) >= 11 is 0. The fourth-order valence-electron chi connectivity index (χ4n) is 5.80. The number of carbonyl (C=O) groups is 4. The first-order valence-electron chi connectivity index (χ1n) is 10.6. The molecule has 1 aromatic rings. The van der Waals surface area contributed by atoms with Crippen LogP contribution in [0.2, 0.25) is 0 Å². The van der Waals surface area contributed by atoms with Crippen LogP contribution in [-0.4, -0.2) is 68.1 Å². The van der Waals surface area contributed by atoms with Crippen molar-refractivity contribution in [1.82, 2.24) is 0 Å². The van der Waals surface area contributed by atoms with Gasteiger partial charge in [-0.25, -0.2) is 4.79 Å². The van der Waals surface area contributed by atoms with E-state index in [1.165, 1.54) is 0 Å². The molecule has 2 N–H and O–H groups in total. The third-order valence-corrected chi connectivity index (χ3v) is 7.13. The quantitative estimate of drug-likeness (QED) is 0.468. The van der Waals surface area contributed by atoms with Gasteiger partial charge in [-0.05, 0) is 11.5 Å². The maximum Gasteiger partial charge on any atom is 0.337 e. The average Bonchev–Trinajstić information content (AvgIpc) is 2.84. The Hall–Kier alpha value is -3.40. The van der Waals surface area contributed by atoms with Crippen molar-refractivity contribution in [3.05, 3.63) is 47.2 Å². The van der Waals surface area contributed by atoms with Gasteiger partial charge in [-0.1, -0.05) is 37.3 Å². The average molecular weight is 476 g/mol. The first-order valence-corrected chi connectivity index (χ1v) is 10.6. The number of ether oxygens (including phenoxy) is 4. The molecule has 2 aliphatic carbocycles. The Balaban J connectivity index is 2.47. The van der Waals surface area contributed by atoms with E-state index in [2.05, 4.69) is 0 Å². The molecule has 0 heterocycles. The second kappa shape index (κ2) is 9.46. The molecule has 10 heteroatoms. The molecule has 0 aliphatic heterocycles. The van der Waals surface area contributed by atoms with Crippen molar-refractivity contribution in [2.45, 2.75) is 18.4 Å². The van der Waals surface area contributed by atoms with Gasteiger partial charge in [-0.2, -0.15) is 0 Å². The number of methoxy groups -OCH3 is 4. The van der Waals surface area contributed by atoms with Crippen molar-refractivity contribution < 1.29 is 48.3 Å². The fraction of sp³-hybridized carbons (Fsp3) is 0.500. The molecule has 1 fully saturated rings. The largest absolute Gasteiger partial charge is 0.511 e. The van der Waals surface area contributed by atoms with Gasteiger partial charge >= 0.3 is 23.9 Å². The minimum Gasteiger partial charge on any atom is -0.511 e. The lowest BCUT2D eigenvalue weighted by Gasteiger charge is -2.58. The highest BCUT2D eigenvalue weighted by molar-refractivity contribution is 5.96. The van der Waals surface area contributed by atoms with E-state index < -0.39 is 70.7 Å². The Morgan fingerprint density at radius 2 is 1.29 bits per heavy atom. The number of hydrogen-bond acceptors (Lipinski definition) is 10. The smallest absolute Gasteiger partial charge is 0.337 e. The molecule has 1 saturated carbocycles. The zero-order valence-corrected chi connectivity index (χ0v) is 19.5. The van der Waals surface area contributed by atoms with Crippen LogP contribution >= 0.6 is 0 Å². The molecule has 2 aliphatic rings. The van der Waals surface area contributed by atoms with Gasteiger partial charge in [0, 0.05) is 11.8 Å². The Morgan fingerprint density at radius 1 is 0.794 bits per heavy atom. The van der Waals surface area contributed by atoms with Crippen LogP contribution in [0.5, 0.6) is 0 Å². The van der Waals surface area contributed by atoms with Gasteiger partial charge in [0.1, 0.15) is 17.3 Å². The SMILES string of the molecule is COC(=O)C1=C(O)C(C(=O)OC)[C@]2(O)[C@H](C(=O)OC)[C@@H]1[C@@H](C)[C@H](c1ccccc1)[C@H]2C(=O)OC. The van der Waals surface area contributed by atoms with Crippen LogP contribution in [0.15, 0.2) is 41.7 Å². The number of esters is 4. The summed E-state index contributed by atoms with van der Waals surface area (Å²) in [5, 5.41) is 23.4. The van der Waals surface area contributed by atoms with Gasteiger partial charge in [0.25, 0.3) is 0 Å². The van der Waals surface area contributed by atoms with Crippen LogP contribution in [0.25, 0.3) is 0 Å². The highest BCUT2D eigenvalue weighted by Gasteiger charge is 2.72. The third kappa shape index (κ3) is 3.53. The van der Waals surface area contributed by atoms with Crippen molar-refractivity contribution in [1.29, 1.82) is 0 Å². The molecular formula is C24H28O10. The topological polar surface area (TPSA) is 146 Å². The third-order valence-electron chi connectivity index (χ3n) is 7.13. The summed E-state index contributed by atoms with van der Waals surface area (Å²) in [5.74, 6) is -12.5. The van der Waals surface area contributed by atoms with Crippen LogP contribution in [-0.2, 0) is 38.1 Å². The summed E-state index contributed by atoms with van der Waals surface area (Å²) in [6.45, 7) is 1.68. The predicted octanol–water partition coefficient (Wildman–Crippen LogP) is 1.13. The van der Waals surface area contributed by atoms with Gasteiger partial charge in [0.2, 0.25) is 0 Å². The molecule has 34 heavy (non-hydrogen) atoms. The first-order chi connectivity index (χ1) is 16.1. The van der Waals surface area contributed by atoms with E-state index in [1.54, 1.807) is 37.3 Å². The molecule has 1 unspecified atom stereocenters. The molecule has 0 amide bonds. The number of fused-ring (bicyclic) bond motifs is 2. The summed E-state index contributed by atoms with van der Waals surface area (Å²) in [5.41, 5.74) is -2.30. The molecule has 0 saturated heterocycles. The van der Waals surface area contributed by atoms with Gasteiger partial charge in [-0.15, -0.1) is 0 Å². The van der Waals surface area contributed by atoms with E-state index in [4.69, 9.17) is 18.9 Å². The maximum atomic E-state index is 13.2. The Bertz CT molecular complexity index is 1020. The Labute approximate surface area is 196 Å². The number of aliphatic hydroxyl groups excluding tert-OH is 1. The molecule has 0 radical (unpaired) electrons. The molecule has 0 aromatic heterocycles. The minimum absolute atomic E-state index is 0.352. The summed E-state index contributed by atoms with van der Waals surface area (Å²) in [4.78, 5) is 52.1. The highest BCUT2D eigenvalue weighted by Crippen LogP contribution is 2.62. The van der Waals surface area contributed by atoms with Gasteiger partial charge < -0.3 is 29.2 Å². The lowest BCUT2D eigenvalue weighted by Crippen LogP contribution is -2.70. The zero-order valence-electron chi connectivity index (χ0n) is 19.5. The molecule has 184 valence electrons. The van der Waals surface area contributed by atoms with Crippen LogP contribution < -0.4 is 0 Å². The Morgan fingerprint density at radius 3 is 1.76 bits per heavy atom.